The zero-order valence-corrected chi connectivity index (χ0v) is 24.9. The van der Waals surface area contributed by atoms with Crippen molar-refractivity contribution in [2.75, 3.05) is 12.3 Å². The number of hydrogen-bond donors (Lipinski definition) is 3. The van der Waals surface area contributed by atoms with Crippen LogP contribution < -0.4 is 34.9 Å². The molecule has 0 spiro atoms. The first-order valence-electron chi connectivity index (χ1n) is 13.4. The number of amides is 1. The number of rotatable bonds is 7. The Balaban J connectivity index is 0.00000342. The van der Waals surface area contributed by atoms with Gasteiger partial charge in [-0.1, -0.05) is 20.8 Å². The minimum Gasteiger partial charge on any atom is -0.748 e. The molecular formula is C26H44NNaO6S. The second kappa shape index (κ2) is 11.2. The Morgan fingerprint density at radius 3 is 2.40 bits per heavy atom. The third-order valence-corrected chi connectivity index (χ3v) is 11.6. The van der Waals surface area contributed by atoms with Crippen LogP contribution in [0.2, 0.25) is 0 Å². The molecular weight excluding hydrogens is 477 g/mol. The molecule has 4 rings (SSSR count). The molecule has 7 nitrogen and oxygen atoms in total. The molecule has 0 aromatic rings. The topological polar surface area (TPSA) is 127 Å². The van der Waals surface area contributed by atoms with Gasteiger partial charge in [0.2, 0.25) is 5.91 Å². The van der Waals surface area contributed by atoms with Crippen LogP contribution in [0.3, 0.4) is 0 Å². The van der Waals surface area contributed by atoms with Crippen LogP contribution in [-0.4, -0.2) is 53.6 Å². The number of fused-ring (bicyclic) bond motifs is 5. The standard InChI is InChI=1S/C26H45NO6S.Na/c1-16(4-7-23(30)27-12-13-34(31,32)33)19-5-6-20-24-21(9-11-26(19,20)3)25(2)10-8-18(28)14-17(25)15-22(24)29;/h16-22,24,28-29H,4-15H2,1-3H3,(H,27,30)(H,31,32,33);/q;+1/p-1/t16-,17+,18-,19-,20+,21+,22+,24+,25+,26-;/m1./s1. The van der Waals surface area contributed by atoms with E-state index in [-0.39, 0.29) is 65.0 Å². The van der Waals surface area contributed by atoms with Crippen molar-refractivity contribution in [3.05, 3.63) is 0 Å². The van der Waals surface area contributed by atoms with Crippen molar-refractivity contribution in [3.8, 4) is 0 Å². The summed E-state index contributed by atoms with van der Waals surface area (Å²) in [4.78, 5) is 12.2. The van der Waals surface area contributed by atoms with Crippen LogP contribution in [0.5, 0.6) is 0 Å². The second-order valence-electron chi connectivity index (χ2n) is 12.6. The summed E-state index contributed by atoms with van der Waals surface area (Å²) in [6.07, 6.45) is 8.78. The van der Waals surface area contributed by atoms with Gasteiger partial charge in [-0.05, 0) is 104 Å². The number of carbonyl (C=O) groups is 1. The Labute approximate surface area is 233 Å². The van der Waals surface area contributed by atoms with Gasteiger partial charge in [0.1, 0.15) is 0 Å². The second-order valence-corrected chi connectivity index (χ2v) is 14.1. The van der Waals surface area contributed by atoms with E-state index in [9.17, 15) is 28.0 Å². The number of nitrogens with one attached hydrogen (secondary N) is 1. The molecule has 1 amide bonds. The Kier molecular flexibility index (Phi) is 9.54. The van der Waals surface area contributed by atoms with Crippen molar-refractivity contribution in [2.24, 2.45) is 46.3 Å². The molecule has 4 saturated carbocycles. The molecule has 0 heterocycles. The Bertz CT molecular complexity index is 870. The predicted molar refractivity (Wildman–Crippen MR) is 129 cm³/mol. The van der Waals surface area contributed by atoms with Gasteiger partial charge in [0.05, 0.1) is 28.1 Å². The molecule has 0 aliphatic heterocycles. The maximum atomic E-state index is 12.2. The monoisotopic (exact) mass is 521 g/mol. The maximum absolute atomic E-state index is 12.2. The van der Waals surface area contributed by atoms with Crippen LogP contribution in [0.15, 0.2) is 0 Å². The first-order chi connectivity index (χ1) is 15.8. The van der Waals surface area contributed by atoms with Gasteiger partial charge in [0.15, 0.2) is 0 Å². The van der Waals surface area contributed by atoms with Crippen LogP contribution in [-0.2, 0) is 14.9 Å². The van der Waals surface area contributed by atoms with E-state index in [0.717, 1.165) is 51.4 Å². The minimum absolute atomic E-state index is 0. The normalized spacial score (nSPS) is 43.8. The molecule has 0 saturated heterocycles. The van der Waals surface area contributed by atoms with Gasteiger partial charge in [-0.2, -0.15) is 0 Å². The van der Waals surface area contributed by atoms with Crippen LogP contribution in [0, 0.1) is 46.3 Å². The summed E-state index contributed by atoms with van der Waals surface area (Å²) in [5.74, 6) is 1.92. The van der Waals surface area contributed by atoms with Gasteiger partial charge in [0, 0.05) is 13.0 Å². The minimum atomic E-state index is -4.31. The van der Waals surface area contributed by atoms with Gasteiger partial charge in [-0.15, -0.1) is 0 Å². The van der Waals surface area contributed by atoms with Crippen molar-refractivity contribution in [1.29, 1.82) is 0 Å². The molecule has 3 N–H and O–H groups in total. The molecule has 4 aliphatic carbocycles. The number of hydrogen-bond acceptors (Lipinski definition) is 6. The van der Waals surface area contributed by atoms with Crippen LogP contribution in [0.1, 0.15) is 85.0 Å². The largest absolute Gasteiger partial charge is 1.00 e. The maximum Gasteiger partial charge on any atom is 1.00 e. The molecule has 9 heteroatoms. The zero-order chi connectivity index (χ0) is 24.9. The molecule has 196 valence electrons. The van der Waals surface area contributed by atoms with E-state index >= 15 is 0 Å². The van der Waals surface area contributed by atoms with Gasteiger partial charge in [0.25, 0.3) is 0 Å². The Morgan fingerprint density at radius 1 is 1.06 bits per heavy atom. The fourth-order valence-corrected chi connectivity index (χ4v) is 9.49. The SMILES string of the molecule is C[C@H](CCC(=O)NCCS(=O)(=O)[O-])[C@H]1CC[C@H]2[C@@H]3[C@@H](O)C[C@@H]4C[C@H](O)CC[C@]4(C)[C@H]3CC[C@]12C.[Na+]. The average molecular weight is 522 g/mol. The molecule has 0 aromatic carbocycles. The van der Waals surface area contributed by atoms with Gasteiger partial charge >= 0.3 is 29.6 Å². The molecule has 0 unspecified atom stereocenters. The average Bonchev–Trinajstić information content (AvgIpc) is 3.09. The third kappa shape index (κ3) is 5.99. The molecule has 10 atom stereocenters. The fraction of sp³-hybridized carbons (Fsp3) is 0.962. The van der Waals surface area contributed by atoms with Crippen LogP contribution >= 0.6 is 0 Å². The quantitative estimate of drug-likeness (QED) is 0.321. The summed E-state index contributed by atoms with van der Waals surface area (Å²) in [5.41, 5.74) is 0.399. The van der Waals surface area contributed by atoms with E-state index < -0.39 is 15.9 Å². The summed E-state index contributed by atoms with van der Waals surface area (Å²) in [6, 6.07) is 0. The molecule has 4 aliphatic rings. The Morgan fingerprint density at radius 2 is 1.71 bits per heavy atom. The molecule has 0 aromatic heterocycles. The van der Waals surface area contributed by atoms with Crippen molar-refractivity contribution in [3.63, 3.8) is 0 Å². The van der Waals surface area contributed by atoms with E-state index in [4.69, 9.17) is 0 Å². The van der Waals surface area contributed by atoms with Gasteiger partial charge in [-0.3, -0.25) is 4.79 Å². The summed E-state index contributed by atoms with van der Waals surface area (Å²) >= 11 is 0. The first-order valence-corrected chi connectivity index (χ1v) is 15.0. The zero-order valence-electron chi connectivity index (χ0n) is 22.0. The summed E-state index contributed by atoms with van der Waals surface area (Å²) < 4.78 is 32.2. The van der Waals surface area contributed by atoms with Crippen molar-refractivity contribution in [1.82, 2.24) is 5.32 Å². The fourth-order valence-electron chi connectivity index (χ4n) is 9.14. The van der Waals surface area contributed by atoms with Crippen molar-refractivity contribution in [2.45, 2.75) is 97.2 Å². The van der Waals surface area contributed by atoms with Crippen molar-refractivity contribution < 1.29 is 57.5 Å². The van der Waals surface area contributed by atoms with Crippen LogP contribution in [0.4, 0.5) is 0 Å². The first kappa shape index (κ1) is 29.9. The molecule has 0 radical (unpaired) electrons. The van der Waals surface area contributed by atoms with E-state index in [2.05, 4.69) is 26.1 Å². The smallest absolute Gasteiger partial charge is 0.748 e. The van der Waals surface area contributed by atoms with Crippen LogP contribution in [0.25, 0.3) is 0 Å². The summed E-state index contributed by atoms with van der Waals surface area (Å²) in [7, 11) is -4.31. The summed E-state index contributed by atoms with van der Waals surface area (Å²) in [5, 5.41) is 24.2. The van der Waals surface area contributed by atoms with E-state index in [1.807, 2.05) is 0 Å². The molecule has 35 heavy (non-hydrogen) atoms. The molecule has 4 fully saturated rings. The molecule has 0 bridgehead atoms. The summed E-state index contributed by atoms with van der Waals surface area (Å²) in [6.45, 7) is 6.96. The third-order valence-electron chi connectivity index (χ3n) is 10.9. The van der Waals surface area contributed by atoms with Gasteiger partial charge < -0.3 is 20.1 Å². The predicted octanol–water partition coefficient (Wildman–Crippen LogP) is 0.0587. The number of carbonyl (C=O) groups excluding carboxylic acids is 1. The Hall–Kier alpha value is 0.300. The van der Waals surface area contributed by atoms with Crippen molar-refractivity contribution >= 4 is 16.0 Å². The van der Waals surface area contributed by atoms with E-state index in [0.29, 0.717) is 41.9 Å². The van der Waals surface area contributed by atoms with E-state index in [1.54, 1.807) is 0 Å². The van der Waals surface area contributed by atoms with E-state index in [1.165, 1.54) is 6.42 Å². The number of aliphatic hydroxyl groups is 2. The van der Waals surface area contributed by atoms with Gasteiger partial charge in [-0.25, -0.2) is 8.42 Å². The number of aliphatic hydroxyl groups excluding tert-OH is 2.